The first kappa shape index (κ1) is 19.1. The van der Waals surface area contributed by atoms with Crippen molar-refractivity contribution in [2.75, 3.05) is 39.6 Å². The van der Waals surface area contributed by atoms with E-state index in [0.29, 0.717) is 0 Å². The quantitative estimate of drug-likeness (QED) is 0.289. The van der Waals surface area contributed by atoms with Crippen LogP contribution in [0.5, 0.6) is 0 Å². The van der Waals surface area contributed by atoms with Gasteiger partial charge in [0.1, 0.15) is 6.61 Å². The fraction of sp³-hybridized carbons (Fsp3) is 0.800. The normalized spacial score (nSPS) is 9.28. The first-order chi connectivity index (χ1) is 8.58. The highest BCUT2D eigenvalue weighted by Gasteiger charge is 2.05. The Morgan fingerprint density at radius 2 is 1.44 bits per heavy atom. The lowest BCUT2D eigenvalue weighted by molar-refractivity contribution is -0.148. The summed E-state index contributed by atoms with van der Waals surface area (Å²) < 4.78 is 9.45. The minimum absolute atomic E-state index is 0.0764. The summed E-state index contributed by atoms with van der Waals surface area (Å²) in [6.45, 7) is 0.164. The van der Waals surface area contributed by atoms with E-state index in [2.05, 4.69) is 4.74 Å². The number of hydrogen-bond acceptors (Lipinski definition) is 7. The van der Waals surface area contributed by atoms with Gasteiger partial charge in [-0.05, 0) is 0 Å². The molecule has 0 aromatic rings. The van der Waals surface area contributed by atoms with Crippen LogP contribution in [0.3, 0.4) is 0 Å². The molecule has 0 aliphatic rings. The number of carbonyl (C=O) groups excluding carboxylic acids is 1. The molecule has 8 nitrogen and oxygen atoms in total. The lowest BCUT2D eigenvalue weighted by Gasteiger charge is -2.03. The molecular formula is C10H20O8. The van der Waals surface area contributed by atoms with Crippen molar-refractivity contribution >= 4 is 11.9 Å². The molecule has 0 aliphatic heterocycles. The Labute approximate surface area is 105 Å². The van der Waals surface area contributed by atoms with Gasteiger partial charge in [-0.2, -0.15) is 0 Å². The van der Waals surface area contributed by atoms with Crippen LogP contribution in [-0.2, 0) is 19.1 Å². The summed E-state index contributed by atoms with van der Waals surface area (Å²) in [5.41, 5.74) is 0. The molecule has 8 heteroatoms. The third-order valence-corrected chi connectivity index (χ3v) is 1.37. The van der Waals surface area contributed by atoms with E-state index < -0.39 is 11.9 Å². The summed E-state index contributed by atoms with van der Waals surface area (Å²) >= 11 is 0. The van der Waals surface area contributed by atoms with Gasteiger partial charge in [0, 0.05) is 0 Å². The van der Waals surface area contributed by atoms with Gasteiger partial charge in [0.25, 0.3) is 0 Å². The Morgan fingerprint density at radius 3 is 1.89 bits per heavy atom. The van der Waals surface area contributed by atoms with Gasteiger partial charge in [-0.25, -0.2) is 0 Å². The average molecular weight is 268 g/mol. The zero-order valence-corrected chi connectivity index (χ0v) is 10.1. The van der Waals surface area contributed by atoms with Crippen LogP contribution in [0.4, 0.5) is 0 Å². The number of carboxylic acid groups (broad SMARTS) is 1. The minimum Gasteiger partial charge on any atom is -0.481 e. The third kappa shape index (κ3) is 20.2. The second kappa shape index (κ2) is 15.8. The molecule has 0 amide bonds. The van der Waals surface area contributed by atoms with Crippen molar-refractivity contribution in [3.63, 3.8) is 0 Å². The predicted octanol–water partition coefficient (Wildman–Crippen LogP) is -1.63. The molecule has 0 saturated carbocycles. The smallest absolute Gasteiger partial charge is 0.306 e. The van der Waals surface area contributed by atoms with Gasteiger partial charge in [0.05, 0.1) is 45.9 Å². The number of hydrogen-bond donors (Lipinski definition) is 4. The number of ether oxygens (including phenoxy) is 2. The number of carbonyl (C=O) groups is 2. The molecule has 0 aromatic heterocycles. The number of esters is 1. The van der Waals surface area contributed by atoms with Gasteiger partial charge in [-0.3, -0.25) is 9.59 Å². The maximum absolute atomic E-state index is 10.8. The number of carboxylic acids is 1. The second-order valence-electron chi connectivity index (χ2n) is 2.90. The molecular weight excluding hydrogens is 248 g/mol. The molecule has 4 N–H and O–H groups in total. The van der Waals surface area contributed by atoms with Gasteiger partial charge in [-0.1, -0.05) is 0 Å². The molecule has 0 saturated heterocycles. The molecule has 0 rings (SSSR count). The minimum atomic E-state index is -1.03. The summed E-state index contributed by atoms with van der Waals surface area (Å²) in [6.07, 6.45) is -0.355. The molecule has 0 fully saturated rings. The van der Waals surface area contributed by atoms with E-state index in [1.54, 1.807) is 0 Å². The zero-order valence-electron chi connectivity index (χ0n) is 10.1. The van der Waals surface area contributed by atoms with Crippen LogP contribution in [0.1, 0.15) is 12.8 Å². The second-order valence-corrected chi connectivity index (χ2v) is 2.90. The van der Waals surface area contributed by atoms with Gasteiger partial charge >= 0.3 is 11.9 Å². The molecule has 0 aromatic carbocycles. The van der Waals surface area contributed by atoms with Crippen LogP contribution in [0, 0.1) is 0 Å². The summed E-state index contributed by atoms with van der Waals surface area (Å²) in [5, 5.41) is 31.8. The van der Waals surface area contributed by atoms with Crippen molar-refractivity contribution < 1.29 is 39.5 Å². The Bertz CT molecular complexity index is 204. The highest BCUT2D eigenvalue weighted by molar-refractivity contribution is 5.76. The third-order valence-electron chi connectivity index (χ3n) is 1.37. The summed E-state index contributed by atoms with van der Waals surface area (Å²) in [6, 6.07) is 0. The maximum Gasteiger partial charge on any atom is 0.306 e. The van der Waals surface area contributed by atoms with Crippen molar-refractivity contribution in [1.82, 2.24) is 0 Å². The van der Waals surface area contributed by atoms with Crippen molar-refractivity contribution in [1.29, 1.82) is 0 Å². The number of aliphatic hydroxyl groups is 3. The molecule has 0 unspecified atom stereocenters. The van der Waals surface area contributed by atoms with Crippen LogP contribution < -0.4 is 0 Å². The summed E-state index contributed by atoms with van der Waals surface area (Å²) in [7, 11) is 0. The zero-order chi connectivity index (χ0) is 14.2. The van der Waals surface area contributed by atoms with Crippen LogP contribution in [-0.4, -0.2) is 72.0 Å². The first-order valence-electron chi connectivity index (χ1n) is 5.36. The lowest BCUT2D eigenvalue weighted by atomic mass is 10.3. The highest BCUT2D eigenvalue weighted by Crippen LogP contribution is 1.92. The Hall–Kier alpha value is -1.22. The van der Waals surface area contributed by atoms with Crippen molar-refractivity contribution in [3.8, 4) is 0 Å². The molecule has 0 radical (unpaired) electrons. The highest BCUT2D eigenvalue weighted by atomic mass is 16.6. The Balaban J connectivity index is 0. The van der Waals surface area contributed by atoms with Crippen LogP contribution >= 0.6 is 0 Å². The molecule has 0 aliphatic carbocycles. The number of aliphatic hydroxyl groups excluding tert-OH is 3. The van der Waals surface area contributed by atoms with E-state index in [1.807, 2.05) is 0 Å². The number of rotatable bonds is 9. The monoisotopic (exact) mass is 268 g/mol. The van der Waals surface area contributed by atoms with E-state index in [1.165, 1.54) is 0 Å². The number of aliphatic carboxylic acids is 1. The molecule has 0 atom stereocenters. The van der Waals surface area contributed by atoms with Gasteiger partial charge in [0.15, 0.2) is 0 Å². The molecule has 0 bridgehead atoms. The molecule has 18 heavy (non-hydrogen) atoms. The van der Waals surface area contributed by atoms with Crippen molar-refractivity contribution in [2.45, 2.75) is 12.8 Å². The van der Waals surface area contributed by atoms with E-state index in [-0.39, 0.29) is 52.5 Å². The van der Waals surface area contributed by atoms with E-state index in [4.69, 9.17) is 25.2 Å². The van der Waals surface area contributed by atoms with Crippen LogP contribution in [0.25, 0.3) is 0 Å². The van der Waals surface area contributed by atoms with Crippen LogP contribution in [0.2, 0.25) is 0 Å². The van der Waals surface area contributed by atoms with Gasteiger partial charge in [-0.15, -0.1) is 0 Å². The van der Waals surface area contributed by atoms with Crippen molar-refractivity contribution in [3.05, 3.63) is 0 Å². The molecule has 0 heterocycles. The van der Waals surface area contributed by atoms with E-state index in [9.17, 15) is 9.59 Å². The fourth-order valence-corrected chi connectivity index (χ4v) is 0.662. The van der Waals surface area contributed by atoms with E-state index >= 15 is 0 Å². The average Bonchev–Trinajstić information content (AvgIpc) is 2.36. The van der Waals surface area contributed by atoms with Gasteiger partial charge in [0.2, 0.25) is 0 Å². The topological polar surface area (TPSA) is 134 Å². The fourth-order valence-electron chi connectivity index (χ4n) is 0.662. The molecule has 108 valence electrons. The largest absolute Gasteiger partial charge is 0.481 e. The summed E-state index contributed by atoms with van der Waals surface area (Å²) in [5.74, 6) is -1.58. The van der Waals surface area contributed by atoms with Gasteiger partial charge < -0.3 is 29.9 Å². The SMILES string of the molecule is O=C(O)CCC(=O)OCCOCCO.OCCO. The standard InChI is InChI=1S/C8H14O6.C2H6O2/c9-3-4-13-5-6-14-8(12)2-1-7(10)11;3-1-2-4/h9H,1-6H2,(H,10,11);3-4H,1-2H2. The van der Waals surface area contributed by atoms with Crippen molar-refractivity contribution in [2.24, 2.45) is 0 Å². The Kier molecular flexibility index (Phi) is 16.8. The summed E-state index contributed by atoms with van der Waals surface area (Å²) in [4.78, 5) is 20.8. The molecule has 0 spiro atoms. The van der Waals surface area contributed by atoms with E-state index in [0.717, 1.165) is 0 Å². The first-order valence-corrected chi connectivity index (χ1v) is 5.36. The Morgan fingerprint density at radius 1 is 0.833 bits per heavy atom. The van der Waals surface area contributed by atoms with Crippen LogP contribution in [0.15, 0.2) is 0 Å². The maximum atomic E-state index is 10.8. The predicted molar refractivity (Wildman–Crippen MR) is 59.9 cm³/mol. The lowest BCUT2D eigenvalue weighted by Crippen LogP contribution is -2.12.